The van der Waals surface area contributed by atoms with Crippen LogP contribution in [0.25, 0.3) is 0 Å². The summed E-state index contributed by atoms with van der Waals surface area (Å²) < 4.78 is 71.6. The highest BCUT2D eigenvalue weighted by molar-refractivity contribution is 7.89. The molecule has 1 aliphatic heterocycles. The topological polar surface area (TPSA) is 75.7 Å². The average molecular weight is 505 g/mol. The summed E-state index contributed by atoms with van der Waals surface area (Å²) >= 11 is 5.95. The van der Waals surface area contributed by atoms with E-state index >= 15 is 0 Å². The number of aryl methyl sites for hydroxylation is 1. The molecular formula is C22H24ClF3N2O4S. The maximum atomic E-state index is 13.0. The Kier molecular flexibility index (Phi) is 7.60. The van der Waals surface area contributed by atoms with Crippen molar-refractivity contribution >= 4 is 33.2 Å². The maximum absolute atomic E-state index is 13.0. The molecule has 6 nitrogen and oxygen atoms in total. The summed E-state index contributed by atoms with van der Waals surface area (Å²) in [6.07, 6.45) is -4.10. The van der Waals surface area contributed by atoms with Crippen molar-refractivity contribution in [2.75, 3.05) is 25.0 Å². The Hall–Kier alpha value is -2.30. The molecule has 0 spiro atoms. The van der Waals surface area contributed by atoms with E-state index in [-0.39, 0.29) is 41.5 Å². The van der Waals surface area contributed by atoms with Crippen LogP contribution in [0, 0.1) is 12.8 Å². The number of hydrogen-bond donors (Lipinski definition) is 1. The third-order valence-electron chi connectivity index (χ3n) is 5.46. The largest absolute Gasteiger partial charge is 0.494 e. The van der Waals surface area contributed by atoms with Crippen molar-refractivity contribution in [2.24, 2.45) is 5.92 Å². The van der Waals surface area contributed by atoms with Crippen LogP contribution < -0.4 is 10.1 Å². The predicted octanol–water partition coefficient (Wildman–Crippen LogP) is 5.11. The summed E-state index contributed by atoms with van der Waals surface area (Å²) in [5.74, 6) is -0.436. The lowest BCUT2D eigenvalue weighted by atomic mass is 9.97. The molecule has 2 aromatic rings. The third-order valence-corrected chi connectivity index (χ3v) is 7.68. The lowest BCUT2D eigenvalue weighted by Crippen LogP contribution is -2.41. The van der Waals surface area contributed by atoms with Gasteiger partial charge in [0, 0.05) is 19.0 Å². The molecule has 0 atom stereocenters. The summed E-state index contributed by atoms with van der Waals surface area (Å²) in [7, 11) is -3.75. The fourth-order valence-electron chi connectivity index (χ4n) is 3.64. The predicted molar refractivity (Wildman–Crippen MR) is 119 cm³/mol. The van der Waals surface area contributed by atoms with Gasteiger partial charge in [0.25, 0.3) is 0 Å². The van der Waals surface area contributed by atoms with Gasteiger partial charge in [-0.05, 0) is 68.7 Å². The minimum absolute atomic E-state index is 0.0118. The molecule has 1 aliphatic rings. The van der Waals surface area contributed by atoms with Gasteiger partial charge in [-0.2, -0.15) is 17.5 Å². The first-order chi connectivity index (χ1) is 15.4. The number of ether oxygens (including phenoxy) is 1. The summed E-state index contributed by atoms with van der Waals surface area (Å²) in [5.41, 5.74) is -0.352. The first-order valence-electron chi connectivity index (χ1n) is 10.3. The van der Waals surface area contributed by atoms with Crippen LogP contribution in [0.4, 0.5) is 18.9 Å². The molecule has 0 saturated carbocycles. The Morgan fingerprint density at radius 3 is 2.42 bits per heavy atom. The zero-order valence-electron chi connectivity index (χ0n) is 18.1. The quantitative estimate of drug-likeness (QED) is 0.593. The number of halogens is 4. The van der Waals surface area contributed by atoms with Gasteiger partial charge in [-0.15, -0.1) is 0 Å². The number of carbonyl (C=O) groups excluding carboxylic acids is 1. The van der Waals surface area contributed by atoms with E-state index < -0.39 is 33.6 Å². The maximum Gasteiger partial charge on any atom is 0.416 e. The molecule has 0 bridgehead atoms. The number of alkyl halides is 3. The number of piperidine rings is 1. The van der Waals surface area contributed by atoms with Crippen molar-refractivity contribution in [3.63, 3.8) is 0 Å². The van der Waals surface area contributed by atoms with Gasteiger partial charge in [-0.3, -0.25) is 4.79 Å². The molecule has 33 heavy (non-hydrogen) atoms. The standard InChI is InChI=1S/C22H24ClF3N2O4S/c1-3-32-20-7-5-17(12-14(20)2)33(30,31)28-10-8-15(9-11-28)21(29)27-19-13-16(22(24,25)26)4-6-18(19)23/h4-7,12-13,15H,3,8-11H2,1-2H3,(H,27,29). The second kappa shape index (κ2) is 9.90. The van der Waals surface area contributed by atoms with Crippen LogP contribution in [0.2, 0.25) is 5.02 Å². The molecule has 1 heterocycles. The number of carbonyl (C=O) groups is 1. The molecule has 0 unspecified atom stereocenters. The Morgan fingerprint density at radius 1 is 1.18 bits per heavy atom. The number of benzene rings is 2. The number of sulfonamides is 1. The monoisotopic (exact) mass is 504 g/mol. The van der Waals surface area contributed by atoms with E-state index in [1.807, 2.05) is 6.92 Å². The van der Waals surface area contributed by atoms with Gasteiger partial charge in [-0.25, -0.2) is 8.42 Å². The van der Waals surface area contributed by atoms with Crippen molar-refractivity contribution in [3.8, 4) is 5.75 Å². The fraction of sp³-hybridized carbons (Fsp3) is 0.409. The van der Waals surface area contributed by atoms with Crippen LogP contribution in [0.15, 0.2) is 41.3 Å². The number of nitrogens with one attached hydrogen (secondary N) is 1. The molecule has 0 aromatic heterocycles. The van der Waals surface area contributed by atoms with Gasteiger partial charge < -0.3 is 10.1 Å². The van der Waals surface area contributed by atoms with Gasteiger partial charge >= 0.3 is 6.18 Å². The second-order valence-electron chi connectivity index (χ2n) is 7.72. The molecular weight excluding hydrogens is 481 g/mol. The lowest BCUT2D eigenvalue weighted by Gasteiger charge is -2.30. The second-order valence-corrected chi connectivity index (χ2v) is 10.1. The summed E-state index contributed by atoms with van der Waals surface area (Å²) in [6.45, 7) is 4.30. The van der Waals surface area contributed by atoms with Crippen LogP contribution in [0.1, 0.15) is 30.9 Å². The average Bonchev–Trinajstić information content (AvgIpc) is 2.76. The van der Waals surface area contributed by atoms with Crippen LogP contribution in [-0.2, 0) is 21.0 Å². The Balaban J connectivity index is 1.66. The van der Waals surface area contributed by atoms with E-state index in [0.29, 0.717) is 17.9 Å². The molecule has 11 heteroatoms. The third kappa shape index (κ3) is 5.80. The Morgan fingerprint density at radius 2 is 1.85 bits per heavy atom. The lowest BCUT2D eigenvalue weighted by molar-refractivity contribution is -0.137. The van der Waals surface area contributed by atoms with E-state index in [2.05, 4.69) is 5.32 Å². The molecule has 1 fully saturated rings. The highest BCUT2D eigenvalue weighted by atomic mass is 35.5. The zero-order chi connectivity index (χ0) is 24.4. The molecule has 0 radical (unpaired) electrons. The fourth-order valence-corrected chi connectivity index (χ4v) is 5.36. The molecule has 1 N–H and O–H groups in total. The Labute approximate surface area is 195 Å². The summed E-state index contributed by atoms with van der Waals surface area (Å²) in [5, 5.41) is 2.44. The van der Waals surface area contributed by atoms with E-state index in [9.17, 15) is 26.4 Å². The van der Waals surface area contributed by atoms with Crippen LogP contribution in [0.5, 0.6) is 5.75 Å². The van der Waals surface area contributed by atoms with Crippen molar-refractivity contribution in [2.45, 2.75) is 37.8 Å². The minimum atomic E-state index is -4.57. The molecule has 180 valence electrons. The minimum Gasteiger partial charge on any atom is -0.494 e. The number of amides is 1. The highest BCUT2D eigenvalue weighted by Gasteiger charge is 2.34. The number of hydrogen-bond acceptors (Lipinski definition) is 4. The van der Waals surface area contributed by atoms with Gasteiger partial charge in [0.1, 0.15) is 5.75 Å². The van der Waals surface area contributed by atoms with Crippen molar-refractivity contribution < 1.29 is 31.1 Å². The van der Waals surface area contributed by atoms with Crippen LogP contribution in [0.3, 0.4) is 0 Å². The van der Waals surface area contributed by atoms with Crippen molar-refractivity contribution in [1.82, 2.24) is 4.31 Å². The number of anilines is 1. The molecule has 2 aromatic carbocycles. The van der Waals surface area contributed by atoms with Gasteiger partial charge in [0.05, 0.1) is 27.8 Å². The number of nitrogens with zero attached hydrogens (tertiary/aromatic N) is 1. The van der Waals surface area contributed by atoms with Gasteiger partial charge in [0.15, 0.2) is 0 Å². The van der Waals surface area contributed by atoms with Crippen LogP contribution in [-0.4, -0.2) is 38.3 Å². The van der Waals surface area contributed by atoms with E-state index in [0.717, 1.165) is 18.2 Å². The summed E-state index contributed by atoms with van der Waals surface area (Å²) in [6, 6.07) is 7.35. The first kappa shape index (κ1) is 25.3. The molecule has 1 saturated heterocycles. The number of rotatable bonds is 6. The zero-order valence-corrected chi connectivity index (χ0v) is 19.6. The van der Waals surface area contributed by atoms with Gasteiger partial charge in [0.2, 0.25) is 15.9 Å². The highest BCUT2D eigenvalue weighted by Crippen LogP contribution is 2.34. The molecule has 3 rings (SSSR count). The van der Waals surface area contributed by atoms with E-state index in [1.54, 1.807) is 19.1 Å². The van der Waals surface area contributed by atoms with Crippen molar-refractivity contribution in [3.05, 3.63) is 52.5 Å². The van der Waals surface area contributed by atoms with Crippen molar-refractivity contribution in [1.29, 1.82) is 0 Å². The summed E-state index contributed by atoms with van der Waals surface area (Å²) in [4.78, 5) is 12.8. The Bertz CT molecular complexity index is 1130. The SMILES string of the molecule is CCOc1ccc(S(=O)(=O)N2CCC(C(=O)Nc3cc(C(F)(F)F)ccc3Cl)CC2)cc1C. The molecule has 0 aliphatic carbocycles. The first-order valence-corrected chi connectivity index (χ1v) is 12.2. The van der Waals surface area contributed by atoms with Crippen LogP contribution >= 0.6 is 11.6 Å². The normalized spacial score (nSPS) is 15.9. The van der Waals surface area contributed by atoms with E-state index in [1.165, 1.54) is 10.4 Å². The molecule has 1 amide bonds. The van der Waals surface area contributed by atoms with Gasteiger partial charge in [-0.1, -0.05) is 11.6 Å². The smallest absolute Gasteiger partial charge is 0.416 e. The van der Waals surface area contributed by atoms with E-state index in [4.69, 9.17) is 16.3 Å².